The van der Waals surface area contributed by atoms with Crippen molar-refractivity contribution in [2.75, 3.05) is 18.0 Å². The van der Waals surface area contributed by atoms with Crippen molar-refractivity contribution in [2.45, 2.75) is 64.2 Å². The molecule has 45 heavy (non-hydrogen) atoms. The van der Waals surface area contributed by atoms with E-state index in [1.165, 1.54) is 25.1 Å². The van der Waals surface area contributed by atoms with Crippen LogP contribution in [0.2, 0.25) is 0 Å². The van der Waals surface area contributed by atoms with E-state index >= 15 is 0 Å². The highest BCUT2D eigenvalue weighted by molar-refractivity contribution is 5.93. The van der Waals surface area contributed by atoms with Gasteiger partial charge in [0.25, 0.3) is 5.91 Å². The minimum absolute atomic E-state index is 0.00616. The molecule has 2 aliphatic rings. The molecule has 2 amide bonds. The van der Waals surface area contributed by atoms with Crippen LogP contribution < -0.4 is 10.3 Å². The van der Waals surface area contributed by atoms with Crippen LogP contribution in [-0.4, -0.2) is 60.6 Å². The minimum atomic E-state index is -4.65. The van der Waals surface area contributed by atoms with Crippen LogP contribution in [0.4, 0.5) is 18.9 Å². The molecule has 10 nitrogen and oxygen atoms in total. The lowest BCUT2D eigenvalue weighted by Crippen LogP contribution is -2.46. The fourth-order valence-corrected chi connectivity index (χ4v) is 6.49. The fourth-order valence-electron chi connectivity index (χ4n) is 6.49. The van der Waals surface area contributed by atoms with E-state index in [1.807, 2.05) is 42.1 Å². The molecule has 6 rings (SSSR count). The van der Waals surface area contributed by atoms with Crippen molar-refractivity contribution in [3.63, 3.8) is 0 Å². The van der Waals surface area contributed by atoms with Crippen LogP contribution in [0.5, 0.6) is 0 Å². The number of likely N-dealkylation sites (tertiary alicyclic amines) is 1. The average Bonchev–Trinajstić information content (AvgIpc) is 3.50. The molecule has 0 aliphatic carbocycles. The van der Waals surface area contributed by atoms with Gasteiger partial charge in [0.1, 0.15) is 0 Å². The van der Waals surface area contributed by atoms with Crippen molar-refractivity contribution in [2.24, 2.45) is 0 Å². The Labute approximate surface area is 257 Å². The van der Waals surface area contributed by atoms with Gasteiger partial charge in [-0.25, -0.2) is 9.36 Å². The van der Waals surface area contributed by atoms with Gasteiger partial charge >= 0.3 is 6.18 Å². The molecular formula is C32H32F3N7O3. The van der Waals surface area contributed by atoms with Gasteiger partial charge in [0.2, 0.25) is 11.3 Å². The molecule has 234 valence electrons. The lowest BCUT2D eigenvalue weighted by Gasteiger charge is -2.37. The van der Waals surface area contributed by atoms with Gasteiger partial charge in [-0.2, -0.15) is 18.3 Å². The van der Waals surface area contributed by atoms with E-state index in [0.29, 0.717) is 32.4 Å². The van der Waals surface area contributed by atoms with Crippen molar-refractivity contribution in [1.82, 2.24) is 29.7 Å². The minimum Gasteiger partial charge on any atom is -0.334 e. The van der Waals surface area contributed by atoms with E-state index in [2.05, 4.69) is 15.4 Å². The number of piperidine rings is 1. The predicted molar refractivity (Wildman–Crippen MR) is 159 cm³/mol. The molecule has 2 aromatic heterocycles. The maximum atomic E-state index is 13.7. The van der Waals surface area contributed by atoms with Crippen molar-refractivity contribution < 1.29 is 22.8 Å². The molecule has 0 bridgehead atoms. The summed E-state index contributed by atoms with van der Waals surface area (Å²) in [5.74, 6) is -0.630. The third-order valence-corrected chi connectivity index (χ3v) is 8.74. The number of nitrogens with zero attached hydrogens (tertiary/aromatic N) is 7. The van der Waals surface area contributed by atoms with E-state index in [-0.39, 0.29) is 35.3 Å². The zero-order valence-electron chi connectivity index (χ0n) is 25.0. The Morgan fingerprint density at radius 1 is 0.978 bits per heavy atom. The summed E-state index contributed by atoms with van der Waals surface area (Å²) in [7, 11) is 0. The molecule has 0 saturated carbocycles. The Morgan fingerprint density at radius 2 is 1.69 bits per heavy atom. The summed E-state index contributed by atoms with van der Waals surface area (Å²) in [6, 6.07) is 13.5. The Kier molecular flexibility index (Phi) is 7.79. The summed E-state index contributed by atoms with van der Waals surface area (Å²) in [5, 5.41) is 13.1. The standard InChI is InChI=1S/C32H32F3N7O3/c1-19-16-22(25-18-41(38-36-25)27-13-15-40(21(3)43)26-10-6-4-8-23(26)27)12-14-39(19)31(45)30-29(44)17-20(2)42(37-30)28-11-7-5-9-24(28)32(33,34)35/h4-11,17-19,22,27H,12-16H2,1-3H3. The van der Waals surface area contributed by atoms with Gasteiger partial charge in [0.05, 0.1) is 23.0 Å². The predicted octanol–water partition coefficient (Wildman–Crippen LogP) is 4.91. The van der Waals surface area contributed by atoms with E-state index in [9.17, 15) is 27.6 Å². The van der Waals surface area contributed by atoms with Crippen LogP contribution in [0, 0.1) is 6.92 Å². The third kappa shape index (κ3) is 5.62. The first-order chi connectivity index (χ1) is 21.4. The third-order valence-electron chi connectivity index (χ3n) is 8.74. The number of rotatable bonds is 4. The normalized spacial score (nSPS) is 20.2. The number of hydrogen-bond donors (Lipinski definition) is 0. The first-order valence-corrected chi connectivity index (χ1v) is 14.8. The van der Waals surface area contributed by atoms with Crippen molar-refractivity contribution in [1.29, 1.82) is 0 Å². The monoisotopic (exact) mass is 619 g/mol. The number of alkyl halides is 3. The quantitative estimate of drug-likeness (QED) is 0.322. The first-order valence-electron chi connectivity index (χ1n) is 14.8. The lowest BCUT2D eigenvalue weighted by atomic mass is 9.89. The molecule has 2 aromatic carbocycles. The van der Waals surface area contributed by atoms with Crippen LogP contribution in [0.15, 0.2) is 65.6 Å². The fraction of sp³-hybridized carbons (Fsp3) is 0.375. The topological polar surface area (TPSA) is 106 Å². The highest BCUT2D eigenvalue weighted by atomic mass is 19.4. The number of amides is 2. The van der Waals surface area contributed by atoms with E-state index in [4.69, 9.17) is 0 Å². The molecule has 0 spiro atoms. The number of fused-ring (bicyclic) bond motifs is 1. The van der Waals surface area contributed by atoms with Gasteiger partial charge in [0.15, 0.2) is 5.69 Å². The zero-order chi connectivity index (χ0) is 32.0. The number of para-hydroxylation sites is 2. The van der Waals surface area contributed by atoms with Gasteiger partial charge in [0, 0.05) is 61.2 Å². The Hall–Kier alpha value is -4.81. The van der Waals surface area contributed by atoms with Gasteiger partial charge in [-0.1, -0.05) is 35.5 Å². The van der Waals surface area contributed by atoms with Crippen LogP contribution in [-0.2, 0) is 11.0 Å². The zero-order valence-corrected chi connectivity index (χ0v) is 25.0. The smallest absolute Gasteiger partial charge is 0.334 e. The van der Waals surface area contributed by atoms with Crippen LogP contribution in [0.3, 0.4) is 0 Å². The number of anilines is 1. The SMILES string of the molecule is CC(=O)N1CCC(n2cc(C3CCN(C(=O)c4nn(-c5ccccc5C(F)(F)F)c(C)cc4=O)C(C)C3)nn2)c2ccccc21. The molecule has 0 radical (unpaired) electrons. The summed E-state index contributed by atoms with van der Waals surface area (Å²) >= 11 is 0. The molecule has 13 heteroatoms. The summed E-state index contributed by atoms with van der Waals surface area (Å²) in [6.07, 6.45) is -0.910. The highest BCUT2D eigenvalue weighted by Crippen LogP contribution is 2.38. The summed E-state index contributed by atoms with van der Waals surface area (Å²) < 4.78 is 44.1. The van der Waals surface area contributed by atoms with Crippen LogP contribution in [0.25, 0.3) is 5.69 Å². The summed E-state index contributed by atoms with van der Waals surface area (Å²) in [6.45, 7) is 5.78. The summed E-state index contributed by atoms with van der Waals surface area (Å²) in [4.78, 5) is 42.0. The molecule has 4 heterocycles. The van der Waals surface area contributed by atoms with Gasteiger partial charge < -0.3 is 9.80 Å². The second-order valence-corrected chi connectivity index (χ2v) is 11.7. The van der Waals surface area contributed by atoms with Gasteiger partial charge in [-0.3, -0.25) is 14.4 Å². The number of hydrogen-bond acceptors (Lipinski definition) is 6. The summed E-state index contributed by atoms with van der Waals surface area (Å²) in [5.41, 5.74) is 0.579. The van der Waals surface area contributed by atoms with E-state index < -0.39 is 28.8 Å². The van der Waals surface area contributed by atoms with Gasteiger partial charge in [-0.15, -0.1) is 5.10 Å². The van der Waals surface area contributed by atoms with Crippen LogP contribution in [0.1, 0.15) is 78.1 Å². The van der Waals surface area contributed by atoms with Crippen molar-refractivity contribution in [3.05, 3.63) is 99.2 Å². The van der Waals surface area contributed by atoms with Gasteiger partial charge in [-0.05, 0) is 51.3 Å². The van der Waals surface area contributed by atoms with E-state index in [1.54, 1.807) is 16.7 Å². The lowest BCUT2D eigenvalue weighted by molar-refractivity contribution is -0.137. The second kappa shape index (κ2) is 11.6. The Balaban J connectivity index is 1.21. The number of benzene rings is 2. The number of halogens is 3. The first kappa shape index (κ1) is 30.2. The number of aryl methyl sites for hydroxylation is 1. The van der Waals surface area contributed by atoms with E-state index in [0.717, 1.165) is 33.8 Å². The van der Waals surface area contributed by atoms with Crippen LogP contribution >= 0.6 is 0 Å². The maximum absolute atomic E-state index is 13.7. The Morgan fingerprint density at radius 3 is 2.40 bits per heavy atom. The largest absolute Gasteiger partial charge is 0.418 e. The number of aromatic nitrogens is 5. The number of carbonyl (C=O) groups is 2. The maximum Gasteiger partial charge on any atom is 0.418 e. The number of carbonyl (C=O) groups excluding carboxylic acids is 2. The highest BCUT2D eigenvalue weighted by Gasteiger charge is 2.36. The molecular weight excluding hydrogens is 587 g/mol. The molecule has 3 unspecified atom stereocenters. The molecule has 3 atom stereocenters. The molecule has 4 aromatic rings. The molecule has 1 saturated heterocycles. The van der Waals surface area contributed by atoms with Crippen molar-refractivity contribution in [3.8, 4) is 5.69 Å². The molecule has 2 aliphatic heterocycles. The second-order valence-electron chi connectivity index (χ2n) is 11.7. The van der Waals surface area contributed by atoms with Crippen molar-refractivity contribution >= 4 is 17.5 Å². The Bertz CT molecular complexity index is 1830. The molecule has 1 fully saturated rings. The average molecular weight is 620 g/mol. The molecule has 0 N–H and O–H groups in total.